The summed E-state index contributed by atoms with van der Waals surface area (Å²) in [6.07, 6.45) is 5.41. The van der Waals surface area contributed by atoms with Crippen molar-refractivity contribution in [2.24, 2.45) is 0 Å². The van der Waals surface area contributed by atoms with Crippen molar-refractivity contribution < 1.29 is 0 Å². The predicted molar refractivity (Wildman–Crippen MR) is 68.6 cm³/mol. The van der Waals surface area contributed by atoms with Gasteiger partial charge >= 0.3 is 0 Å². The molecule has 0 amide bonds. The highest BCUT2D eigenvalue weighted by atomic mass is 32.1. The molecule has 2 rings (SSSR count). The molecule has 0 spiro atoms. The van der Waals surface area contributed by atoms with Gasteiger partial charge in [-0.3, -0.25) is 0 Å². The third-order valence-electron chi connectivity index (χ3n) is 2.25. The molecule has 1 fully saturated rings. The zero-order valence-electron chi connectivity index (χ0n) is 10.7. The monoisotopic (exact) mass is 228 g/mol. The van der Waals surface area contributed by atoms with E-state index >= 15 is 0 Å². The van der Waals surface area contributed by atoms with E-state index < -0.39 is 0 Å². The van der Waals surface area contributed by atoms with E-state index in [2.05, 4.69) is 10.2 Å². The Hall–Kier alpha value is -0.440. The lowest BCUT2D eigenvalue weighted by Gasteiger charge is -2.00. The van der Waals surface area contributed by atoms with Crippen LogP contribution in [0.15, 0.2) is 0 Å². The van der Waals surface area contributed by atoms with Gasteiger partial charge in [-0.2, -0.15) is 0 Å². The number of rotatable bonds is 1. The van der Waals surface area contributed by atoms with Crippen LogP contribution in [0.5, 0.6) is 0 Å². The highest BCUT2D eigenvalue weighted by Crippen LogP contribution is 2.35. The van der Waals surface area contributed by atoms with Crippen molar-refractivity contribution in [1.82, 2.24) is 10.2 Å². The summed E-state index contributed by atoms with van der Waals surface area (Å²) >= 11 is 1.76. The molecule has 1 aliphatic rings. The lowest BCUT2D eigenvalue weighted by molar-refractivity contribution is 0.704. The molecule has 0 N–H and O–H groups in total. The topological polar surface area (TPSA) is 25.8 Å². The van der Waals surface area contributed by atoms with E-state index in [4.69, 9.17) is 0 Å². The zero-order valence-corrected chi connectivity index (χ0v) is 11.5. The van der Waals surface area contributed by atoms with Gasteiger partial charge in [-0.05, 0) is 19.8 Å². The van der Waals surface area contributed by atoms with E-state index in [1.807, 2.05) is 34.6 Å². The Kier molecular flexibility index (Phi) is 8.58. The van der Waals surface area contributed by atoms with Crippen molar-refractivity contribution in [2.45, 2.75) is 66.2 Å². The van der Waals surface area contributed by atoms with Gasteiger partial charge in [-0.1, -0.05) is 40.5 Å². The van der Waals surface area contributed by atoms with Crippen molar-refractivity contribution >= 4 is 11.3 Å². The molecule has 15 heavy (non-hydrogen) atoms. The smallest absolute Gasteiger partial charge is 0.120 e. The summed E-state index contributed by atoms with van der Waals surface area (Å²) in [5.41, 5.74) is 0. The quantitative estimate of drug-likeness (QED) is 0.704. The Bertz CT molecular complexity index is 240. The third kappa shape index (κ3) is 4.74. The SMILES string of the molecule is CC.CC.Cc1nnc(C2CCCC2)s1. The second kappa shape index (κ2) is 8.84. The zero-order chi connectivity index (χ0) is 11.7. The summed E-state index contributed by atoms with van der Waals surface area (Å²) in [7, 11) is 0. The molecule has 0 aromatic carbocycles. The summed E-state index contributed by atoms with van der Waals surface area (Å²) in [5.74, 6) is 0.737. The molecule has 0 atom stereocenters. The first-order valence-corrected chi connectivity index (χ1v) is 6.98. The van der Waals surface area contributed by atoms with E-state index in [0.717, 1.165) is 10.9 Å². The van der Waals surface area contributed by atoms with E-state index in [9.17, 15) is 0 Å². The number of nitrogens with zero attached hydrogens (tertiary/aromatic N) is 2. The van der Waals surface area contributed by atoms with Gasteiger partial charge in [-0.15, -0.1) is 21.5 Å². The van der Waals surface area contributed by atoms with Crippen LogP contribution < -0.4 is 0 Å². The van der Waals surface area contributed by atoms with Crippen LogP contribution in [0.25, 0.3) is 0 Å². The number of aromatic nitrogens is 2. The van der Waals surface area contributed by atoms with Gasteiger partial charge in [0.2, 0.25) is 0 Å². The molecular formula is C12H24N2S. The van der Waals surface area contributed by atoms with Crippen LogP contribution >= 0.6 is 11.3 Å². The molecule has 1 aromatic rings. The second-order valence-corrected chi connectivity index (χ2v) is 4.35. The second-order valence-electron chi connectivity index (χ2n) is 3.14. The summed E-state index contributed by atoms with van der Waals surface area (Å²) < 4.78 is 0. The molecule has 0 aliphatic heterocycles. The lowest BCUT2D eigenvalue weighted by Crippen LogP contribution is -1.89. The molecular weight excluding hydrogens is 204 g/mol. The van der Waals surface area contributed by atoms with Crippen LogP contribution in [0, 0.1) is 6.92 Å². The highest BCUT2D eigenvalue weighted by Gasteiger charge is 2.19. The Balaban J connectivity index is 0.000000442. The fraction of sp³-hybridized carbons (Fsp3) is 0.833. The molecule has 0 bridgehead atoms. The van der Waals surface area contributed by atoms with Gasteiger partial charge in [0.1, 0.15) is 10.0 Å². The van der Waals surface area contributed by atoms with Gasteiger partial charge in [-0.25, -0.2) is 0 Å². The molecule has 1 aliphatic carbocycles. The summed E-state index contributed by atoms with van der Waals surface area (Å²) in [6, 6.07) is 0. The number of aryl methyl sites for hydroxylation is 1. The van der Waals surface area contributed by atoms with E-state index in [1.165, 1.54) is 30.7 Å². The van der Waals surface area contributed by atoms with Crippen LogP contribution in [0.3, 0.4) is 0 Å². The average Bonchev–Trinajstić information content (AvgIpc) is 2.94. The van der Waals surface area contributed by atoms with Crippen molar-refractivity contribution in [1.29, 1.82) is 0 Å². The first-order valence-electron chi connectivity index (χ1n) is 6.16. The van der Waals surface area contributed by atoms with Gasteiger partial charge < -0.3 is 0 Å². The Morgan fingerprint density at radius 2 is 1.53 bits per heavy atom. The van der Waals surface area contributed by atoms with Crippen LogP contribution in [0.4, 0.5) is 0 Å². The number of hydrogen-bond donors (Lipinski definition) is 0. The van der Waals surface area contributed by atoms with Crippen molar-refractivity contribution in [2.75, 3.05) is 0 Å². The first kappa shape index (κ1) is 14.6. The van der Waals surface area contributed by atoms with Crippen LogP contribution in [0.1, 0.15) is 69.3 Å². The molecule has 1 saturated carbocycles. The normalized spacial score (nSPS) is 15.0. The van der Waals surface area contributed by atoms with Crippen LogP contribution in [-0.4, -0.2) is 10.2 Å². The molecule has 1 aromatic heterocycles. The van der Waals surface area contributed by atoms with Crippen LogP contribution in [-0.2, 0) is 0 Å². The standard InChI is InChI=1S/C8H12N2S.2C2H6/c1-6-9-10-8(11-6)7-4-2-3-5-7;2*1-2/h7H,2-5H2,1H3;2*1-2H3. The van der Waals surface area contributed by atoms with E-state index in [1.54, 1.807) is 11.3 Å². The minimum atomic E-state index is 0.737. The molecule has 2 nitrogen and oxygen atoms in total. The summed E-state index contributed by atoms with van der Waals surface area (Å²) in [5, 5.41) is 10.6. The third-order valence-corrected chi connectivity index (χ3v) is 3.25. The van der Waals surface area contributed by atoms with E-state index in [0.29, 0.717) is 0 Å². The Morgan fingerprint density at radius 1 is 1.00 bits per heavy atom. The van der Waals surface area contributed by atoms with Crippen molar-refractivity contribution in [3.63, 3.8) is 0 Å². The minimum absolute atomic E-state index is 0.737. The highest BCUT2D eigenvalue weighted by molar-refractivity contribution is 7.11. The van der Waals surface area contributed by atoms with Crippen molar-refractivity contribution in [3.8, 4) is 0 Å². The molecule has 88 valence electrons. The molecule has 1 heterocycles. The van der Waals surface area contributed by atoms with Gasteiger partial charge in [0.25, 0.3) is 0 Å². The Labute approximate surface area is 98.1 Å². The molecule has 0 saturated heterocycles. The largest absolute Gasteiger partial charge is 0.144 e. The fourth-order valence-electron chi connectivity index (χ4n) is 1.65. The summed E-state index contributed by atoms with van der Waals surface area (Å²) in [6.45, 7) is 10.0. The fourth-order valence-corrected chi connectivity index (χ4v) is 2.52. The number of hydrogen-bond acceptors (Lipinski definition) is 3. The Morgan fingerprint density at radius 3 is 1.93 bits per heavy atom. The van der Waals surface area contributed by atoms with E-state index in [-0.39, 0.29) is 0 Å². The minimum Gasteiger partial charge on any atom is -0.144 e. The van der Waals surface area contributed by atoms with Gasteiger partial charge in [0.05, 0.1) is 0 Å². The van der Waals surface area contributed by atoms with Gasteiger partial charge in [0.15, 0.2) is 0 Å². The maximum absolute atomic E-state index is 4.17. The lowest BCUT2D eigenvalue weighted by atomic mass is 10.1. The molecule has 0 radical (unpaired) electrons. The van der Waals surface area contributed by atoms with Crippen LogP contribution in [0.2, 0.25) is 0 Å². The summed E-state index contributed by atoms with van der Waals surface area (Å²) in [4.78, 5) is 0. The molecule has 3 heteroatoms. The average molecular weight is 228 g/mol. The van der Waals surface area contributed by atoms with Gasteiger partial charge in [0, 0.05) is 5.92 Å². The van der Waals surface area contributed by atoms with Crippen molar-refractivity contribution in [3.05, 3.63) is 10.0 Å². The predicted octanol–water partition coefficient (Wildman–Crippen LogP) is 4.56. The first-order chi connectivity index (χ1) is 7.36. The molecule has 0 unspecified atom stereocenters. The maximum Gasteiger partial charge on any atom is 0.120 e. The maximum atomic E-state index is 4.17.